The average molecular weight is 216 g/mol. The van der Waals surface area contributed by atoms with Crippen molar-refractivity contribution in [2.24, 2.45) is 5.92 Å². The Kier molecular flexibility index (Phi) is 1.96. The topological polar surface area (TPSA) is 61.9 Å². The number of terminal acetylenes is 1. The summed E-state index contributed by atoms with van der Waals surface area (Å²) in [5.41, 5.74) is 0. The number of hydrogen-bond donors (Lipinski definition) is 1. The third-order valence-corrected chi connectivity index (χ3v) is 3.06. The fourth-order valence-corrected chi connectivity index (χ4v) is 1.94. The number of amides is 1. The first-order chi connectivity index (χ1) is 7.78. The minimum atomic E-state index is -0.00428. The Hall–Kier alpha value is -1.83. The summed E-state index contributed by atoms with van der Waals surface area (Å²) in [5.74, 6) is 4.51. The summed E-state index contributed by atoms with van der Waals surface area (Å²) in [6, 6.07) is 0. The molecular formula is C11H12N4O. The molecule has 1 amide bonds. The van der Waals surface area contributed by atoms with Crippen molar-refractivity contribution in [1.82, 2.24) is 15.2 Å². The van der Waals surface area contributed by atoms with E-state index >= 15 is 0 Å². The molecule has 3 rings (SSSR count). The third-order valence-electron chi connectivity index (χ3n) is 3.06. The van der Waals surface area contributed by atoms with Gasteiger partial charge in [0.2, 0.25) is 5.91 Å². The molecule has 0 radical (unpaired) electrons. The maximum absolute atomic E-state index is 11.7. The highest BCUT2D eigenvalue weighted by molar-refractivity contribution is 5.94. The predicted octanol–water partition coefficient (Wildman–Crippen LogP) is 0.668. The largest absolute Gasteiger partial charge is 0.278 e. The number of aromatic nitrogens is 3. The van der Waals surface area contributed by atoms with Crippen LogP contribution in [0.5, 0.6) is 0 Å². The van der Waals surface area contributed by atoms with Crippen LogP contribution < -0.4 is 4.90 Å². The average Bonchev–Trinajstić information content (AvgIpc) is 2.89. The van der Waals surface area contributed by atoms with Crippen LogP contribution in [0.25, 0.3) is 0 Å². The molecule has 5 nitrogen and oxygen atoms in total. The molecule has 0 aromatic carbocycles. The molecule has 1 saturated carbocycles. The number of nitrogens with zero attached hydrogens (tertiary/aromatic N) is 3. The van der Waals surface area contributed by atoms with E-state index in [0.29, 0.717) is 24.8 Å². The second-order valence-electron chi connectivity index (χ2n) is 4.37. The highest BCUT2D eigenvalue weighted by Crippen LogP contribution is 2.38. The van der Waals surface area contributed by atoms with E-state index in [1.807, 2.05) is 0 Å². The van der Waals surface area contributed by atoms with E-state index < -0.39 is 0 Å². The van der Waals surface area contributed by atoms with Crippen LogP contribution in [0.4, 0.5) is 5.95 Å². The standard InChI is InChI=1S/C11H12N4O/c1-2-7-5-9(16)15(6-7)11-12-10(13-14-11)8-3-4-8/h1,7-8H,3-6H2,(H,12,13,14). The fraction of sp³-hybridized carbons (Fsp3) is 0.545. The van der Waals surface area contributed by atoms with E-state index in [2.05, 4.69) is 21.1 Å². The van der Waals surface area contributed by atoms with Gasteiger partial charge in [0.25, 0.3) is 5.95 Å². The maximum atomic E-state index is 11.7. The smallest absolute Gasteiger partial charge is 0.251 e. The van der Waals surface area contributed by atoms with Crippen LogP contribution in [-0.4, -0.2) is 27.6 Å². The Morgan fingerprint density at radius 1 is 1.50 bits per heavy atom. The second kappa shape index (κ2) is 3.34. The van der Waals surface area contributed by atoms with E-state index in [1.54, 1.807) is 4.90 Å². The van der Waals surface area contributed by atoms with E-state index in [4.69, 9.17) is 6.42 Å². The van der Waals surface area contributed by atoms with E-state index in [1.165, 1.54) is 0 Å². The zero-order chi connectivity index (χ0) is 11.1. The van der Waals surface area contributed by atoms with Crippen LogP contribution in [-0.2, 0) is 4.79 Å². The lowest BCUT2D eigenvalue weighted by Crippen LogP contribution is -2.25. The molecule has 2 heterocycles. The van der Waals surface area contributed by atoms with Gasteiger partial charge in [-0.3, -0.25) is 14.8 Å². The summed E-state index contributed by atoms with van der Waals surface area (Å²) in [6.07, 6.45) is 8.05. The van der Waals surface area contributed by atoms with Gasteiger partial charge in [-0.25, -0.2) is 0 Å². The van der Waals surface area contributed by atoms with E-state index in [0.717, 1.165) is 18.7 Å². The van der Waals surface area contributed by atoms with Gasteiger partial charge in [-0.1, -0.05) is 0 Å². The molecule has 1 aromatic heterocycles. The van der Waals surface area contributed by atoms with Crippen molar-refractivity contribution in [2.45, 2.75) is 25.2 Å². The van der Waals surface area contributed by atoms with Crippen molar-refractivity contribution in [3.05, 3.63) is 5.82 Å². The highest BCUT2D eigenvalue weighted by Gasteiger charge is 2.33. The number of rotatable bonds is 2. The SMILES string of the molecule is C#CC1CC(=O)N(c2n[nH]c(C3CC3)n2)C1. The van der Waals surface area contributed by atoms with Crippen LogP contribution in [0.3, 0.4) is 0 Å². The van der Waals surface area contributed by atoms with Gasteiger partial charge in [-0.2, -0.15) is 4.98 Å². The Labute approximate surface area is 93.2 Å². The molecule has 0 bridgehead atoms. The summed E-state index contributed by atoms with van der Waals surface area (Å²) in [6.45, 7) is 0.539. The van der Waals surface area contributed by atoms with Crippen LogP contribution in [0, 0.1) is 18.3 Å². The highest BCUT2D eigenvalue weighted by atomic mass is 16.2. The van der Waals surface area contributed by atoms with Crippen LogP contribution >= 0.6 is 0 Å². The Bertz CT molecular complexity index is 469. The van der Waals surface area contributed by atoms with Gasteiger partial charge in [0, 0.05) is 24.8 Å². The first-order valence-corrected chi connectivity index (χ1v) is 5.46. The van der Waals surface area contributed by atoms with Gasteiger partial charge in [-0.15, -0.1) is 17.4 Å². The molecule has 1 aliphatic heterocycles. The molecule has 0 spiro atoms. The van der Waals surface area contributed by atoms with Crippen molar-refractivity contribution in [3.8, 4) is 12.3 Å². The normalized spacial score (nSPS) is 24.8. The molecule has 1 unspecified atom stereocenters. The summed E-state index contributed by atoms with van der Waals surface area (Å²) in [7, 11) is 0. The van der Waals surface area contributed by atoms with Crippen molar-refractivity contribution in [2.75, 3.05) is 11.4 Å². The zero-order valence-electron chi connectivity index (χ0n) is 8.81. The van der Waals surface area contributed by atoms with Crippen molar-refractivity contribution in [1.29, 1.82) is 0 Å². The second-order valence-corrected chi connectivity index (χ2v) is 4.37. The predicted molar refractivity (Wildman–Crippen MR) is 57.7 cm³/mol. The minimum absolute atomic E-state index is 0.00428. The van der Waals surface area contributed by atoms with Gasteiger partial charge in [0.1, 0.15) is 5.82 Å². The first-order valence-electron chi connectivity index (χ1n) is 5.46. The number of H-pyrrole nitrogens is 1. The molecule has 1 saturated heterocycles. The molecule has 82 valence electrons. The number of nitrogens with one attached hydrogen (secondary N) is 1. The van der Waals surface area contributed by atoms with Crippen molar-refractivity contribution < 1.29 is 4.79 Å². The third kappa shape index (κ3) is 1.47. The molecule has 5 heteroatoms. The molecule has 1 aliphatic carbocycles. The van der Waals surface area contributed by atoms with Gasteiger partial charge in [-0.05, 0) is 12.8 Å². The molecule has 2 aliphatic rings. The quantitative estimate of drug-likeness (QED) is 0.739. The van der Waals surface area contributed by atoms with E-state index in [-0.39, 0.29) is 11.8 Å². The number of anilines is 1. The lowest BCUT2D eigenvalue weighted by molar-refractivity contribution is -0.117. The van der Waals surface area contributed by atoms with Gasteiger partial charge >= 0.3 is 0 Å². The fourth-order valence-electron chi connectivity index (χ4n) is 1.94. The number of carbonyl (C=O) groups is 1. The van der Waals surface area contributed by atoms with Crippen LogP contribution in [0.1, 0.15) is 31.0 Å². The van der Waals surface area contributed by atoms with Gasteiger partial charge < -0.3 is 0 Å². The summed E-state index contributed by atoms with van der Waals surface area (Å²) < 4.78 is 0. The monoisotopic (exact) mass is 216 g/mol. The Balaban J connectivity index is 1.81. The number of carbonyl (C=O) groups excluding carboxylic acids is 1. The summed E-state index contributed by atoms with van der Waals surface area (Å²) in [5, 5.41) is 6.97. The van der Waals surface area contributed by atoms with Gasteiger partial charge in [0.05, 0.1) is 0 Å². The summed E-state index contributed by atoms with van der Waals surface area (Å²) >= 11 is 0. The van der Waals surface area contributed by atoms with E-state index in [9.17, 15) is 4.79 Å². The Morgan fingerprint density at radius 3 is 2.94 bits per heavy atom. The molecule has 1 atom stereocenters. The minimum Gasteiger partial charge on any atom is -0.278 e. The van der Waals surface area contributed by atoms with Crippen LogP contribution in [0.2, 0.25) is 0 Å². The maximum Gasteiger partial charge on any atom is 0.251 e. The van der Waals surface area contributed by atoms with Crippen molar-refractivity contribution in [3.63, 3.8) is 0 Å². The molecule has 2 fully saturated rings. The molecular weight excluding hydrogens is 204 g/mol. The molecule has 1 N–H and O–H groups in total. The molecule has 16 heavy (non-hydrogen) atoms. The first kappa shape index (κ1) is 9.40. The summed E-state index contributed by atoms with van der Waals surface area (Å²) in [4.78, 5) is 17.6. The van der Waals surface area contributed by atoms with Crippen LogP contribution in [0.15, 0.2) is 0 Å². The zero-order valence-corrected chi connectivity index (χ0v) is 8.81. The van der Waals surface area contributed by atoms with Gasteiger partial charge in [0.15, 0.2) is 0 Å². The molecule has 1 aromatic rings. The number of aromatic amines is 1. The lowest BCUT2D eigenvalue weighted by Gasteiger charge is -2.09. The Morgan fingerprint density at radius 2 is 2.31 bits per heavy atom. The van der Waals surface area contributed by atoms with Crippen molar-refractivity contribution >= 4 is 11.9 Å². The lowest BCUT2D eigenvalue weighted by atomic mass is 10.1. The number of hydrogen-bond acceptors (Lipinski definition) is 3.